The molecule has 1 amide bonds. The van der Waals surface area contributed by atoms with Gasteiger partial charge < -0.3 is 19.9 Å². The van der Waals surface area contributed by atoms with Gasteiger partial charge >= 0.3 is 0 Å². The third-order valence-electron chi connectivity index (χ3n) is 10.1. The molecule has 3 fully saturated rings. The lowest BCUT2D eigenvalue weighted by Gasteiger charge is -2.50. The van der Waals surface area contributed by atoms with Gasteiger partial charge in [0.05, 0.1) is 29.8 Å². The maximum Gasteiger partial charge on any atom is 0.240 e. The van der Waals surface area contributed by atoms with E-state index in [1.54, 1.807) is 30.3 Å². The SMILES string of the molecule is CC(C)(C)NC(=O)[C@H]1CC[C@H]2CCCC[C@H]2N1C[C@@H]1C[C@H](c2ccc(CO)cc2)O[C@H](c2ccc(CNS(=O)(=O)c3ccccc3)cc2)O1. The fourth-order valence-electron chi connectivity index (χ4n) is 7.65. The molecular formula is C39H51N3O6S. The lowest BCUT2D eigenvalue weighted by atomic mass is 9.75. The standard InChI is InChI=1S/C39H51N3O6S/c1-39(2,3)41-37(44)35-22-21-29-9-7-8-12-34(29)42(35)25-32-23-36(30-17-15-28(26-43)16-18-30)48-38(47-32)31-19-13-27(14-20-31)24-40-49(45,46)33-10-5-4-6-11-33/h4-6,10-11,13-20,29,32,34-36,38,40,43H,7-9,12,21-26H2,1-3H3,(H,41,44)/t29-,32+,34-,35-,36-,38-/m1/s1. The molecule has 3 N–H and O–H groups in total. The summed E-state index contributed by atoms with van der Waals surface area (Å²) in [4.78, 5) is 16.4. The molecule has 10 heteroatoms. The average Bonchev–Trinajstić information content (AvgIpc) is 3.10. The summed E-state index contributed by atoms with van der Waals surface area (Å²) in [6, 6.07) is 24.0. The highest BCUT2D eigenvalue weighted by molar-refractivity contribution is 7.89. The third-order valence-corrected chi connectivity index (χ3v) is 11.5. The predicted molar refractivity (Wildman–Crippen MR) is 189 cm³/mol. The Labute approximate surface area is 291 Å². The van der Waals surface area contributed by atoms with Crippen molar-refractivity contribution in [1.29, 1.82) is 0 Å². The zero-order chi connectivity index (χ0) is 34.6. The number of likely N-dealkylation sites (tertiary alicyclic amines) is 1. The van der Waals surface area contributed by atoms with E-state index in [0.29, 0.717) is 24.9 Å². The maximum atomic E-state index is 13.7. The quantitative estimate of drug-likeness (QED) is 0.234. The number of aliphatic hydroxyl groups excluding tert-OH is 1. The Morgan fingerprint density at radius 1 is 0.857 bits per heavy atom. The Morgan fingerprint density at radius 2 is 1.53 bits per heavy atom. The molecule has 2 aliphatic heterocycles. The number of nitrogens with zero attached hydrogens (tertiary/aromatic N) is 1. The minimum Gasteiger partial charge on any atom is -0.392 e. The first-order valence-electron chi connectivity index (χ1n) is 17.7. The minimum absolute atomic E-state index is 0.0243. The molecule has 1 saturated carbocycles. The fraction of sp³-hybridized carbons (Fsp3) is 0.513. The van der Waals surface area contributed by atoms with E-state index in [0.717, 1.165) is 41.5 Å². The Balaban J connectivity index is 1.22. The molecule has 6 rings (SSSR count). The summed E-state index contributed by atoms with van der Waals surface area (Å²) < 4.78 is 41.6. The molecule has 0 spiro atoms. The van der Waals surface area contributed by atoms with Gasteiger partial charge in [-0.15, -0.1) is 0 Å². The van der Waals surface area contributed by atoms with Crippen LogP contribution in [-0.4, -0.2) is 54.6 Å². The number of benzene rings is 3. The van der Waals surface area contributed by atoms with Crippen LogP contribution in [-0.2, 0) is 37.4 Å². The summed E-state index contributed by atoms with van der Waals surface area (Å²) in [6.45, 7) is 6.86. The molecule has 3 aromatic carbocycles. The van der Waals surface area contributed by atoms with Crippen molar-refractivity contribution in [1.82, 2.24) is 14.9 Å². The van der Waals surface area contributed by atoms with Gasteiger partial charge in [-0.05, 0) is 81.2 Å². The monoisotopic (exact) mass is 689 g/mol. The molecule has 1 aliphatic carbocycles. The van der Waals surface area contributed by atoms with E-state index in [-0.39, 0.29) is 47.7 Å². The Kier molecular flexibility index (Phi) is 11.2. The number of nitrogens with one attached hydrogen (secondary N) is 2. The average molecular weight is 690 g/mol. The molecule has 0 radical (unpaired) electrons. The number of carbonyl (C=O) groups is 1. The first-order valence-corrected chi connectivity index (χ1v) is 19.2. The van der Waals surface area contributed by atoms with Crippen LogP contribution >= 0.6 is 0 Å². The number of hydrogen-bond acceptors (Lipinski definition) is 7. The lowest BCUT2D eigenvalue weighted by Crippen LogP contribution is -2.61. The van der Waals surface area contributed by atoms with Crippen molar-refractivity contribution in [3.05, 3.63) is 101 Å². The molecule has 3 aromatic rings. The molecule has 49 heavy (non-hydrogen) atoms. The largest absolute Gasteiger partial charge is 0.392 e. The van der Waals surface area contributed by atoms with E-state index in [2.05, 4.69) is 14.9 Å². The zero-order valence-corrected chi connectivity index (χ0v) is 29.7. The van der Waals surface area contributed by atoms with Crippen molar-refractivity contribution in [3.8, 4) is 0 Å². The van der Waals surface area contributed by atoms with Crippen molar-refractivity contribution in [2.45, 2.75) is 120 Å². The number of carbonyl (C=O) groups excluding carboxylic acids is 1. The van der Waals surface area contributed by atoms with E-state index in [1.165, 1.54) is 19.3 Å². The van der Waals surface area contributed by atoms with Crippen LogP contribution in [0.4, 0.5) is 0 Å². The summed E-state index contributed by atoms with van der Waals surface area (Å²) in [6.07, 6.45) is 6.20. The third kappa shape index (κ3) is 8.98. The zero-order valence-electron chi connectivity index (χ0n) is 28.9. The Hall–Kier alpha value is -3.12. The van der Waals surface area contributed by atoms with Crippen LogP contribution in [0.2, 0.25) is 0 Å². The molecule has 6 atom stereocenters. The van der Waals surface area contributed by atoms with Crippen molar-refractivity contribution >= 4 is 15.9 Å². The normalized spacial score (nSPS) is 26.5. The number of piperidine rings is 1. The van der Waals surface area contributed by atoms with E-state index < -0.39 is 16.3 Å². The van der Waals surface area contributed by atoms with E-state index in [1.807, 2.05) is 69.3 Å². The van der Waals surface area contributed by atoms with Crippen LogP contribution in [0.25, 0.3) is 0 Å². The molecule has 264 valence electrons. The second kappa shape index (κ2) is 15.4. The van der Waals surface area contributed by atoms with Crippen molar-refractivity contribution in [2.75, 3.05) is 6.54 Å². The van der Waals surface area contributed by atoms with Crippen molar-refractivity contribution in [2.24, 2.45) is 5.92 Å². The van der Waals surface area contributed by atoms with E-state index in [9.17, 15) is 18.3 Å². The number of rotatable bonds is 10. The van der Waals surface area contributed by atoms with Crippen molar-refractivity contribution < 1.29 is 27.8 Å². The second-order valence-electron chi connectivity index (χ2n) is 14.9. The second-order valence-corrected chi connectivity index (χ2v) is 16.6. The van der Waals surface area contributed by atoms with Gasteiger partial charge in [0, 0.05) is 36.7 Å². The van der Waals surface area contributed by atoms with Gasteiger partial charge in [-0.25, -0.2) is 13.1 Å². The number of ether oxygens (including phenoxy) is 2. The van der Waals surface area contributed by atoms with Crippen LogP contribution in [0.15, 0.2) is 83.8 Å². The maximum absolute atomic E-state index is 13.7. The summed E-state index contributed by atoms with van der Waals surface area (Å²) in [5.74, 6) is 0.687. The molecule has 9 nitrogen and oxygen atoms in total. The number of aliphatic hydroxyl groups is 1. The number of sulfonamides is 1. The molecule has 2 heterocycles. The fourth-order valence-corrected chi connectivity index (χ4v) is 8.69. The first kappa shape index (κ1) is 35.7. The first-order chi connectivity index (χ1) is 23.5. The van der Waals surface area contributed by atoms with Crippen molar-refractivity contribution in [3.63, 3.8) is 0 Å². The number of hydrogen-bond donors (Lipinski definition) is 3. The molecule has 0 bridgehead atoms. The topological polar surface area (TPSA) is 117 Å². The van der Waals surface area contributed by atoms with Crippen LogP contribution in [0.1, 0.15) is 100 Å². The number of amides is 1. The molecule has 2 saturated heterocycles. The molecule has 0 unspecified atom stereocenters. The van der Waals surface area contributed by atoms with Crippen LogP contribution in [0.3, 0.4) is 0 Å². The van der Waals surface area contributed by atoms with Gasteiger partial charge in [-0.2, -0.15) is 0 Å². The molecular weight excluding hydrogens is 639 g/mol. The summed E-state index contributed by atoms with van der Waals surface area (Å²) in [5, 5.41) is 12.9. The van der Waals surface area contributed by atoms with Gasteiger partial charge in [0.2, 0.25) is 15.9 Å². The molecule has 0 aromatic heterocycles. The highest BCUT2D eigenvalue weighted by Crippen LogP contribution is 2.42. The highest BCUT2D eigenvalue weighted by atomic mass is 32.2. The summed E-state index contributed by atoms with van der Waals surface area (Å²) in [7, 11) is -3.63. The van der Waals surface area contributed by atoms with Crippen LogP contribution in [0.5, 0.6) is 0 Å². The molecule has 3 aliphatic rings. The minimum atomic E-state index is -3.63. The van der Waals surface area contributed by atoms with Crippen LogP contribution < -0.4 is 10.0 Å². The van der Waals surface area contributed by atoms with Gasteiger partial charge in [0.1, 0.15) is 0 Å². The van der Waals surface area contributed by atoms with E-state index in [4.69, 9.17) is 9.47 Å². The summed E-state index contributed by atoms with van der Waals surface area (Å²) >= 11 is 0. The smallest absolute Gasteiger partial charge is 0.240 e. The lowest BCUT2D eigenvalue weighted by molar-refractivity contribution is -0.255. The van der Waals surface area contributed by atoms with E-state index >= 15 is 0 Å². The van der Waals surface area contributed by atoms with Gasteiger partial charge in [0.25, 0.3) is 0 Å². The Bertz CT molecular complexity index is 1640. The highest BCUT2D eigenvalue weighted by Gasteiger charge is 2.44. The predicted octanol–water partition coefficient (Wildman–Crippen LogP) is 6.14. The summed E-state index contributed by atoms with van der Waals surface area (Å²) in [5.41, 5.74) is 3.19. The number of fused-ring (bicyclic) bond motifs is 1. The van der Waals surface area contributed by atoms with Gasteiger partial charge in [-0.3, -0.25) is 9.69 Å². The van der Waals surface area contributed by atoms with Gasteiger partial charge in [-0.1, -0.05) is 79.6 Å². The van der Waals surface area contributed by atoms with Crippen LogP contribution in [0, 0.1) is 5.92 Å². The Morgan fingerprint density at radius 3 is 2.22 bits per heavy atom. The van der Waals surface area contributed by atoms with Gasteiger partial charge in [0.15, 0.2) is 6.29 Å².